The van der Waals surface area contributed by atoms with Gasteiger partial charge in [-0.1, -0.05) is 22.0 Å². The van der Waals surface area contributed by atoms with Crippen molar-refractivity contribution in [2.75, 3.05) is 13.2 Å². The van der Waals surface area contributed by atoms with Crippen molar-refractivity contribution in [2.45, 2.75) is 18.6 Å². The van der Waals surface area contributed by atoms with E-state index in [-0.39, 0.29) is 0 Å². The quantitative estimate of drug-likeness (QED) is 0.764. The predicted molar refractivity (Wildman–Crippen MR) is 58.3 cm³/mol. The summed E-state index contributed by atoms with van der Waals surface area (Å²) in [5.41, 5.74) is 2.83. The Morgan fingerprint density at radius 2 is 2.36 bits per heavy atom. The molecule has 3 rings (SSSR count). The molecule has 0 unspecified atom stereocenters. The Balaban J connectivity index is 2.01. The lowest BCUT2D eigenvalue weighted by molar-refractivity contribution is 0.00503. The molecule has 1 saturated heterocycles. The molecule has 0 radical (unpaired) electrons. The van der Waals surface area contributed by atoms with Gasteiger partial charge >= 0.3 is 0 Å². The fraction of sp³-hybridized carbons (Fsp3) is 0.455. The largest absolute Gasteiger partial charge is 0.375 e. The summed E-state index contributed by atoms with van der Waals surface area (Å²) in [6.07, 6.45) is 1.40. The second-order valence-corrected chi connectivity index (χ2v) is 4.80. The molecular weight excluding hydrogens is 242 g/mol. The average molecular weight is 254 g/mol. The standard InChI is InChI=1S/C11H12BrNO/c12-8-1-2-9-7(5-8)6-10-11(9)13-3-4-14-10/h1-2,5,10-11,13H,3-4,6H2/t10-,11+/m1/s1. The number of rotatable bonds is 0. The maximum Gasteiger partial charge on any atom is 0.0810 e. The second-order valence-electron chi connectivity index (χ2n) is 3.89. The van der Waals surface area contributed by atoms with Gasteiger partial charge in [0.2, 0.25) is 0 Å². The van der Waals surface area contributed by atoms with Crippen molar-refractivity contribution in [3.8, 4) is 0 Å². The molecule has 1 aliphatic carbocycles. The van der Waals surface area contributed by atoms with Crippen molar-refractivity contribution in [3.05, 3.63) is 33.8 Å². The lowest BCUT2D eigenvalue weighted by Crippen LogP contribution is -2.39. The van der Waals surface area contributed by atoms with E-state index in [4.69, 9.17) is 4.74 Å². The van der Waals surface area contributed by atoms with E-state index in [0.29, 0.717) is 12.1 Å². The second kappa shape index (κ2) is 3.33. The number of hydrogen-bond acceptors (Lipinski definition) is 2. The lowest BCUT2D eigenvalue weighted by atomic mass is 10.1. The third-order valence-corrected chi connectivity index (χ3v) is 3.52. The molecule has 1 aromatic carbocycles. The Kier molecular flexibility index (Phi) is 2.11. The molecule has 3 heteroatoms. The number of halogens is 1. The number of benzene rings is 1. The molecule has 2 aliphatic rings. The number of hydrogen-bond donors (Lipinski definition) is 1. The highest BCUT2D eigenvalue weighted by molar-refractivity contribution is 9.10. The van der Waals surface area contributed by atoms with Gasteiger partial charge in [0.1, 0.15) is 0 Å². The van der Waals surface area contributed by atoms with E-state index in [1.165, 1.54) is 11.1 Å². The maximum absolute atomic E-state index is 5.75. The van der Waals surface area contributed by atoms with Gasteiger partial charge in [-0.3, -0.25) is 0 Å². The van der Waals surface area contributed by atoms with Gasteiger partial charge in [-0.25, -0.2) is 0 Å². The Morgan fingerprint density at radius 3 is 3.29 bits per heavy atom. The summed E-state index contributed by atoms with van der Waals surface area (Å²) in [6, 6.07) is 6.94. The van der Waals surface area contributed by atoms with E-state index in [0.717, 1.165) is 24.0 Å². The average Bonchev–Trinajstić information content (AvgIpc) is 2.54. The minimum absolute atomic E-state index is 0.355. The number of ether oxygens (including phenoxy) is 1. The van der Waals surface area contributed by atoms with Crippen molar-refractivity contribution in [1.29, 1.82) is 0 Å². The first-order valence-electron chi connectivity index (χ1n) is 4.98. The van der Waals surface area contributed by atoms with E-state index in [9.17, 15) is 0 Å². The summed E-state index contributed by atoms with van der Waals surface area (Å²) in [4.78, 5) is 0. The molecule has 1 aromatic rings. The van der Waals surface area contributed by atoms with E-state index < -0.39 is 0 Å². The van der Waals surface area contributed by atoms with Crippen LogP contribution >= 0.6 is 15.9 Å². The third-order valence-electron chi connectivity index (χ3n) is 3.03. The van der Waals surface area contributed by atoms with Crippen LogP contribution in [0, 0.1) is 0 Å². The summed E-state index contributed by atoms with van der Waals surface area (Å²) in [7, 11) is 0. The minimum atomic E-state index is 0.355. The Labute approximate surface area is 91.8 Å². The van der Waals surface area contributed by atoms with Gasteiger partial charge in [0.25, 0.3) is 0 Å². The molecule has 0 amide bonds. The maximum atomic E-state index is 5.75. The SMILES string of the molecule is Brc1ccc2c(c1)C[C@H]1OCCN[C@@H]21. The summed E-state index contributed by atoms with van der Waals surface area (Å²) in [5, 5.41) is 3.52. The fourth-order valence-corrected chi connectivity index (χ4v) is 2.82. The minimum Gasteiger partial charge on any atom is -0.375 e. The van der Waals surface area contributed by atoms with Crippen molar-refractivity contribution in [3.63, 3.8) is 0 Å². The molecular formula is C11H12BrNO. The molecule has 0 saturated carbocycles. The zero-order valence-corrected chi connectivity index (χ0v) is 9.38. The molecule has 1 aliphatic heterocycles. The van der Waals surface area contributed by atoms with Gasteiger partial charge in [-0.2, -0.15) is 0 Å². The van der Waals surface area contributed by atoms with Crippen LogP contribution in [0.2, 0.25) is 0 Å². The van der Waals surface area contributed by atoms with Crippen molar-refractivity contribution >= 4 is 15.9 Å². The Hall–Kier alpha value is -0.380. The van der Waals surface area contributed by atoms with Gasteiger partial charge in [0, 0.05) is 17.4 Å². The van der Waals surface area contributed by atoms with Crippen LogP contribution in [0.5, 0.6) is 0 Å². The van der Waals surface area contributed by atoms with Crippen molar-refractivity contribution in [2.24, 2.45) is 0 Å². The van der Waals surface area contributed by atoms with E-state index >= 15 is 0 Å². The molecule has 1 heterocycles. The molecule has 74 valence electrons. The van der Waals surface area contributed by atoms with Gasteiger partial charge in [-0.15, -0.1) is 0 Å². The molecule has 0 bridgehead atoms. The zero-order chi connectivity index (χ0) is 9.54. The first-order chi connectivity index (χ1) is 6.84. The van der Waals surface area contributed by atoms with Crippen LogP contribution in [-0.4, -0.2) is 19.3 Å². The lowest BCUT2D eigenvalue weighted by Gasteiger charge is -2.27. The van der Waals surface area contributed by atoms with Crippen LogP contribution in [-0.2, 0) is 11.2 Å². The van der Waals surface area contributed by atoms with Crippen LogP contribution in [0.1, 0.15) is 17.2 Å². The summed E-state index contributed by atoms with van der Waals surface area (Å²) in [5.74, 6) is 0. The number of morpholine rings is 1. The Bertz CT molecular complexity index is 366. The summed E-state index contributed by atoms with van der Waals surface area (Å²) in [6.45, 7) is 1.81. The Morgan fingerprint density at radius 1 is 1.43 bits per heavy atom. The summed E-state index contributed by atoms with van der Waals surface area (Å²) < 4.78 is 6.91. The number of nitrogens with one attached hydrogen (secondary N) is 1. The van der Waals surface area contributed by atoms with Crippen LogP contribution < -0.4 is 5.32 Å². The normalized spacial score (nSPS) is 29.8. The first-order valence-corrected chi connectivity index (χ1v) is 5.77. The molecule has 0 spiro atoms. The topological polar surface area (TPSA) is 21.3 Å². The zero-order valence-electron chi connectivity index (χ0n) is 7.79. The van der Waals surface area contributed by atoms with Crippen molar-refractivity contribution < 1.29 is 4.74 Å². The first kappa shape index (κ1) is 8.89. The summed E-state index contributed by atoms with van der Waals surface area (Å²) >= 11 is 3.50. The third kappa shape index (κ3) is 1.31. The molecule has 1 fully saturated rings. The van der Waals surface area contributed by atoms with Crippen LogP contribution in [0.25, 0.3) is 0 Å². The smallest absolute Gasteiger partial charge is 0.0810 e. The molecule has 14 heavy (non-hydrogen) atoms. The molecule has 2 nitrogen and oxygen atoms in total. The fourth-order valence-electron chi connectivity index (χ4n) is 2.41. The highest BCUT2D eigenvalue weighted by Gasteiger charge is 2.34. The van der Waals surface area contributed by atoms with Crippen molar-refractivity contribution in [1.82, 2.24) is 5.32 Å². The van der Waals surface area contributed by atoms with Crippen LogP contribution in [0.3, 0.4) is 0 Å². The van der Waals surface area contributed by atoms with Crippen LogP contribution in [0.15, 0.2) is 22.7 Å². The van der Waals surface area contributed by atoms with E-state index in [1.54, 1.807) is 0 Å². The van der Waals surface area contributed by atoms with Gasteiger partial charge in [-0.05, 0) is 23.3 Å². The monoisotopic (exact) mass is 253 g/mol. The molecule has 0 aromatic heterocycles. The number of fused-ring (bicyclic) bond motifs is 3. The highest BCUT2D eigenvalue weighted by Crippen LogP contribution is 2.36. The van der Waals surface area contributed by atoms with Gasteiger partial charge in [0.15, 0.2) is 0 Å². The van der Waals surface area contributed by atoms with Crippen LogP contribution in [0.4, 0.5) is 0 Å². The van der Waals surface area contributed by atoms with Gasteiger partial charge in [0.05, 0.1) is 18.8 Å². The van der Waals surface area contributed by atoms with E-state index in [2.05, 4.69) is 39.4 Å². The molecule has 1 N–H and O–H groups in total. The predicted octanol–water partition coefficient (Wildman–Crippen LogP) is 2.03. The highest BCUT2D eigenvalue weighted by atomic mass is 79.9. The molecule has 2 atom stereocenters. The van der Waals surface area contributed by atoms with E-state index in [1.807, 2.05) is 0 Å². The van der Waals surface area contributed by atoms with Gasteiger partial charge < -0.3 is 10.1 Å².